The molecule has 0 radical (unpaired) electrons. The Morgan fingerprint density at radius 1 is 0.966 bits per heavy atom. The number of hydrogen-bond acceptors (Lipinski definition) is 5. The fraction of sp³-hybridized carbons (Fsp3) is 0.368. The van der Waals surface area contributed by atoms with E-state index >= 15 is 0 Å². The molecule has 0 unspecified atom stereocenters. The molecule has 1 N–H and O–H groups in total. The van der Waals surface area contributed by atoms with Gasteiger partial charge < -0.3 is 4.74 Å². The van der Waals surface area contributed by atoms with Crippen LogP contribution < -0.4 is 9.46 Å². The highest BCUT2D eigenvalue weighted by Gasteiger charge is 2.27. The third-order valence-corrected chi connectivity index (χ3v) is 8.50. The summed E-state index contributed by atoms with van der Waals surface area (Å²) in [7, 11) is -6.40. The van der Waals surface area contributed by atoms with E-state index in [-0.39, 0.29) is 26.3 Å². The van der Waals surface area contributed by atoms with Crippen LogP contribution in [0.25, 0.3) is 0 Å². The molecule has 29 heavy (non-hydrogen) atoms. The fourth-order valence-electron chi connectivity index (χ4n) is 3.22. The van der Waals surface area contributed by atoms with Gasteiger partial charge >= 0.3 is 0 Å². The Labute approximate surface area is 176 Å². The maximum Gasteiger partial charge on any atom is 0.263 e. The first-order valence-electron chi connectivity index (χ1n) is 9.21. The Bertz CT molecular complexity index is 1080. The number of methoxy groups -OCH3 is 1. The summed E-state index contributed by atoms with van der Waals surface area (Å²) in [5.41, 5.74) is 0.0308. The summed E-state index contributed by atoms with van der Waals surface area (Å²) in [5.74, 6) is 0.204. The van der Waals surface area contributed by atoms with Gasteiger partial charge in [0, 0.05) is 13.1 Å². The van der Waals surface area contributed by atoms with Crippen LogP contribution in [0.15, 0.2) is 52.3 Å². The summed E-state index contributed by atoms with van der Waals surface area (Å²) in [6.07, 6.45) is 3.61. The molecule has 1 saturated heterocycles. The number of rotatable bonds is 6. The predicted octanol–water partition coefficient (Wildman–Crippen LogP) is 3.71. The van der Waals surface area contributed by atoms with E-state index in [0.29, 0.717) is 13.1 Å². The summed E-state index contributed by atoms with van der Waals surface area (Å²) in [6, 6.07) is 10.2. The average molecular weight is 459 g/mol. The molecule has 1 aliphatic heterocycles. The largest absolute Gasteiger partial charge is 0.495 e. The molecule has 158 valence electrons. The molecule has 0 saturated carbocycles. The Morgan fingerprint density at radius 3 is 2.24 bits per heavy atom. The summed E-state index contributed by atoms with van der Waals surface area (Å²) < 4.78 is 60.8. The van der Waals surface area contributed by atoms with Gasteiger partial charge in [-0.2, -0.15) is 4.31 Å². The first-order chi connectivity index (χ1) is 13.8. The van der Waals surface area contributed by atoms with Gasteiger partial charge in [0.2, 0.25) is 10.0 Å². The molecular formula is C19H23ClN2O5S2. The standard InChI is InChI=1S/C19H23ClN2O5S2/c1-27-18-11-10-15(29(25,26)22-12-6-2-3-7-13-22)14-17(18)21-28(23,24)19-9-5-4-8-16(19)20/h4-5,8-11,14,21H,2-3,6-7,12-13H2,1H3. The quantitative estimate of drug-likeness (QED) is 0.712. The number of sulfonamides is 2. The Kier molecular flexibility index (Phi) is 6.72. The van der Waals surface area contributed by atoms with Crippen molar-refractivity contribution >= 4 is 37.3 Å². The molecule has 0 spiro atoms. The van der Waals surface area contributed by atoms with Gasteiger partial charge in [-0.05, 0) is 43.2 Å². The van der Waals surface area contributed by atoms with E-state index in [2.05, 4.69) is 4.72 Å². The minimum absolute atomic E-state index is 0.0112. The molecule has 2 aromatic rings. The molecule has 0 atom stereocenters. The van der Waals surface area contributed by atoms with Crippen molar-refractivity contribution in [3.63, 3.8) is 0 Å². The van der Waals surface area contributed by atoms with Gasteiger partial charge in [0.25, 0.3) is 10.0 Å². The summed E-state index contributed by atoms with van der Waals surface area (Å²) in [4.78, 5) is -0.0958. The third kappa shape index (κ3) is 4.85. The lowest BCUT2D eigenvalue weighted by atomic mass is 10.2. The number of ether oxygens (including phenoxy) is 1. The second-order valence-corrected chi connectivity index (χ2v) is 10.7. The summed E-state index contributed by atoms with van der Waals surface area (Å²) >= 11 is 6.02. The zero-order valence-electron chi connectivity index (χ0n) is 16.0. The minimum Gasteiger partial charge on any atom is -0.495 e. The van der Waals surface area contributed by atoms with Crippen LogP contribution in [0, 0.1) is 0 Å². The van der Waals surface area contributed by atoms with E-state index in [0.717, 1.165) is 25.7 Å². The average Bonchev–Trinajstić information content (AvgIpc) is 2.98. The molecule has 3 rings (SSSR count). The van der Waals surface area contributed by atoms with E-state index in [9.17, 15) is 16.8 Å². The maximum atomic E-state index is 13.1. The monoisotopic (exact) mass is 458 g/mol. The van der Waals surface area contributed by atoms with Crippen LogP contribution in [0.1, 0.15) is 25.7 Å². The molecule has 7 nitrogen and oxygen atoms in total. The number of hydrogen-bond donors (Lipinski definition) is 1. The maximum absolute atomic E-state index is 13.1. The number of anilines is 1. The van der Waals surface area contributed by atoms with Crippen molar-refractivity contribution in [2.75, 3.05) is 24.9 Å². The molecule has 1 aliphatic rings. The van der Waals surface area contributed by atoms with Crippen LogP contribution in [0.2, 0.25) is 5.02 Å². The SMILES string of the molecule is COc1ccc(S(=O)(=O)N2CCCCCC2)cc1NS(=O)(=O)c1ccccc1Cl. The van der Waals surface area contributed by atoms with Crippen molar-refractivity contribution in [1.82, 2.24) is 4.31 Å². The molecule has 0 bridgehead atoms. The molecule has 0 aromatic heterocycles. The lowest BCUT2D eigenvalue weighted by Gasteiger charge is -2.21. The van der Waals surface area contributed by atoms with Crippen molar-refractivity contribution in [2.45, 2.75) is 35.5 Å². The van der Waals surface area contributed by atoms with Gasteiger partial charge in [-0.25, -0.2) is 16.8 Å². The Morgan fingerprint density at radius 2 is 1.62 bits per heavy atom. The lowest BCUT2D eigenvalue weighted by molar-refractivity contribution is 0.415. The van der Waals surface area contributed by atoms with Crippen molar-refractivity contribution in [3.8, 4) is 5.75 Å². The molecular weight excluding hydrogens is 436 g/mol. The van der Waals surface area contributed by atoms with Crippen molar-refractivity contribution in [1.29, 1.82) is 0 Å². The van der Waals surface area contributed by atoms with Gasteiger partial charge in [-0.15, -0.1) is 0 Å². The number of halogens is 1. The second kappa shape index (κ2) is 8.91. The van der Waals surface area contributed by atoms with Crippen LogP contribution in [-0.2, 0) is 20.0 Å². The molecule has 0 aliphatic carbocycles. The van der Waals surface area contributed by atoms with Gasteiger partial charge in [0.1, 0.15) is 10.6 Å². The van der Waals surface area contributed by atoms with Crippen LogP contribution in [-0.4, -0.2) is 41.3 Å². The normalized spacial score (nSPS) is 16.2. The van der Waals surface area contributed by atoms with Gasteiger partial charge in [-0.1, -0.05) is 36.6 Å². The first kappa shape index (κ1) is 21.9. The number of benzene rings is 2. The van der Waals surface area contributed by atoms with E-state index < -0.39 is 20.0 Å². The van der Waals surface area contributed by atoms with Crippen molar-refractivity contribution < 1.29 is 21.6 Å². The van der Waals surface area contributed by atoms with Crippen LogP contribution >= 0.6 is 11.6 Å². The van der Waals surface area contributed by atoms with Crippen molar-refractivity contribution in [2.24, 2.45) is 0 Å². The van der Waals surface area contributed by atoms with E-state index in [1.165, 1.54) is 41.7 Å². The highest BCUT2D eigenvalue weighted by Crippen LogP contribution is 2.32. The molecule has 1 fully saturated rings. The Hall–Kier alpha value is -1.81. The van der Waals surface area contributed by atoms with E-state index in [1.54, 1.807) is 12.1 Å². The highest BCUT2D eigenvalue weighted by atomic mass is 35.5. The van der Waals surface area contributed by atoms with Gasteiger partial charge in [0.05, 0.1) is 22.7 Å². The van der Waals surface area contributed by atoms with Crippen LogP contribution in [0.3, 0.4) is 0 Å². The topological polar surface area (TPSA) is 92.8 Å². The molecule has 10 heteroatoms. The zero-order valence-corrected chi connectivity index (χ0v) is 18.4. The first-order valence-corrected chi connectivity index (χ1v) is 12.5. The van der Waals surface area contributed by atoms with Crippen LogP contribution in [0.4, 0.5) is 5.69 Å². The molecule has 2 aromatic carbocycles. The minimum atomic E-state index is -4.04. The van der Waals surface area contributed by atoms with Crippen molar-refractivity contribution in [3.05, 3.63) is 47.5 Å². The molecule has 1 heterocycles. The van der Waals surface area contributed by atoms with E-state index in [4.69, 9.17) is 16.3 Å². The summed E-state index contributed by atoms with van der Waals surface area (Å²) in [6.45, 7) is 0.907. The predicted molar refractivity (Wildman–Crippen MR) is 112 cm³/mol. The zero-order chi connectivity index (χ0) is 21.1. The van der Waals surface area contributed by atoms with E-state index in [1.807, 2.05) is 0 Å². The molecule has 0 amide bonds. The van der Waals surface area contributed by atoms with Crippen LogP contribution in [0.5, 0.6) is 5.75 Å². The fourth-order valence-corrected chi connectivity index (χ4v) is 6.35. The highest BCUT2D eigenvalue weighted by molar-refractivity contribution is 7.93. The second-order valence-electron chi connectivity index (χ2n) is 6.72. The lowest BCUT2D eigenvalue weighted by Crippen LogP contribution is -2.32. The number of nitrogens with zero attached hydrogens (tertiary/aromatic N) is 1. The number of nitrogens with one attached hydrogen (secondary N) is 1. The Balaban J connectivity index is 1.98. The van der Waals surface area contributed by atoms with Gasteiger partial charge in [0.15, 0.2) is 0 Å². The van der Waals surface area contributed by atoms with Gasteiger partial charge in [-0.3, -0.25) is 4.72 Å². The third-order valence-electron chi connectivity index (χ3n) is 4.74. The summed E-state index contributed by atoms with van der Waals surface area (Å²) in [5, 5.41) is 0.0623. The smallest absolute Gasteiger partial charge is 0.263 e.